The van der Waals surface area contributed by atoms with Crippen LogP contribution in [0.15, 0.2) is 54.1 Å². The first-order chi connectivity index (χ1) is 11.1. The number of ether oxygens (including phenoxy) is 2. The molecule has 0 radical (unpaired) electrons. The van der Waals surface area contributed by atoms with Crippen LogP contribution in [0.3, 0.4) is 0 Å². The van der Waals surface area contributed by atoms with Gasteiger partial charge in [-0.25, -0.2) is 9.18 Å². The minimum absolute atomic E-state index is 0.120. The molecule has 2 rings (SSSR count). The average molecular weight is 311 g/mol. The van der Waals surface area contributed by atoms with Crippen LogP contribution in [0.5, 0.6) is 5.75 Å². The van der Waals surface area contributed by atoms with Crippen LogP contribution in [-0.2, 0) is 16.1 Å². The highest BCUT2D eigenvalue weighted by Crippen LogP contribution is 2.22. The lowest BCUT2D eigenvalue weighted by Gasteiger charge is -2.09. The fraction of sp³-hybridized carbons (Fsp3) is 0.111. The number of nitrogens with zero attached hydrogens (tertiary/aromatic N) is 1. The topological polar surface area (TPSA) is 59.3 Å². The van der Waals surface area contributed by atoms with Gasteiger partial charge in [-0.1, -0.05) is 30.3 Å². The lowest BCUT2D eigenvalue weighted by atomic mass is 10.1. The Hall–Kier alpha value is -3.13. The number of hydrogen-bond acceptors (Lipinski definition) is 4. The highest BCUT2D eigenvalue weighted by atomic mass is 19.1. The Balaban J connectivity index is 2.20. The highest BCUT2D eigenvalue weighted by molar-refractivity contribution is 5.98. The first-order valence-electron chi connectivity index (χ1n) is 6.80. The van der Waals surface area contributed by atoms with Gasteiger partial charge in [-0.05, 0) is 29.8 Å². The predicted molar refractivity (Wildman–Crippen MR) is 82.8 cm³/mol. The lowest BCUT2D eigenvalue weighted by Crippen LogP contribution is -2.03. The van der Waals surface area contributed by atoms with Crippen LogP contribution in [0.2, 0.25) is 0 Å². The monoisotopic (exact) mass is 311 g/mol. The number of para-hydroxylation sites is 1. The van der Waals surface area contributed by atoms with Gasteiger partial charge in [0, 0.05) is 5.56 Å². The molecule has 0 spiro atoms. The van der Waals surface area contributed by atoms with Crippen molar-refractivity contribution in [1.82, 2.24) is 0 Å². The summed E-state index contributed by atoms with van der Waals surface area (Å²) < 4.78 is 23.1. The van der Waals surface area contributed by atoms with Crippen molar-refractivity contribution in [1.29, 1.82) is 5.26 Å². The van der Waals surface area contributed by atoms with Crippen molar-refractivity contribution < 1.29 is 18.7 Å². The first-order valence-corrected chi connectivity index (χ1v) is 6.80. The van der Waals surface area contributed by atoms with Gasteiger partial charge in [-0.3, -0.25) is 0 Å². The Kier molecular flexibility index (Phi) is 5.48. The van der Waals surface area contributed by atoms with Gasteiger partial charge in [-0.15, -0.1) is 0 Å². The second kappa shape index (κ2) is 7.76. The van der Waals surface area contributed by atoms with Crippen molar-refractivity contribution >= 4 is 12.0 Å². The van der Waals surface area contributed by atoms with Crippen LogP contribution in [0.4, 0.5) is 4.39 Å². The number of methoxy groups -OCH3 is 1. The molecule has 5 heteroatoms. The number of benzene rings is 2. The van der Waals surface area contributed by atoms with E-state index in [0.717, 1.165) is 5.56 Å². The van der Waals surface area contributed by atoms with Crippen LogP contribution in [0.1, 0.15) is 11.1 Å². The van der Waals surface area contributed by atoms with E-state index in [0.29, 0.717) is 11.3 Å². The van der Waals surface area contributed by atoms with Crippen molar-refractivity contribution in [3.05, 3.63) is 71.0 Å². The Labute approximate surface area is 133 Å². The van der Waals surface area contributed by atoms with E-state index in [9.17, 15) is 9.18 Å². The highest BCUT2D eigenvalue weighted by Gasteiger charge is 2.10. The third kappa shape index (κ3) is 4.42. The Morgan fingerprint density at radius 1 is 1.22 bits per heavy atom. The summed E-state index contributed by atoms with van der Waals surface area (Å²) in [4.78, 5) is 11.5. The largest absolute Gasteiger partial charge is 0.488 e. The number of rotatable bonds is 5. The smallest absolute Gasteiger partial charge is 0.348 e. The molecule has 0 aromatic heterocycles. The third-order valence-corrected chi connectivity index (χ3v) is 3.05. The summed E-state index contributed by atoms with van der Waals surface area (Å²) in [5.41, 5.74) is 1.26. The second-order valence-electron chi connectivity index (χ2n) is 4.61. The van der Waals surface area contributed by atoms with Crippen molar-refractivity contribution in [3.8, 4) is 11.8 Å². The number of esters is 1. The molecule has 23 heavy (non-hydrogen) atoms. The van der Waals surface area contributed by atoms with Gasteiger partial charge in [0.2, 0.25) is 0 Å². The molecule has 2 aromatic carbocycles. The van der Waals surface area contributed by atoms with Crippen molar-refractivity contribution in [3.63, 3.8) is 0 Å². The molecule has 0 saturated heterocycles. The molecular weight excluding hydrogens is 297 g/mol. The quantitative estimate of drug-likeness (QED) is 0.482. The maximum absolute atomic E-state index is 12.9. The SMILES string of the molecule is COC(=O)C(C#N)=Cc1ccccc1OCc1ccc(F)cc1. The molecule has 0 N–H and O–H groups in total. The van der Waals surface area contributed by atoms with Crippen LogP contribution in [0, 0.1) is 17.1 Å². The summed E-state index contributed by atoms with van der Waals surface area (Å²) in [5, 5.41) is 9.02. The number of nitriles is 1. The molecule has 4 nitrogen and oxygen atoms in total. The standard InChI is InChI=1S/C18H14FNO3/c1-22-18(21)15(11-20)10-14-4-2-3-5-17(14)23-12-13-6-8-16(19)9-7-13/h2-10H,12H2,1H3. The summed E-state index contributed by atoms with van der Waals surface area (Å²) in [6, 6.07) is 14.8. The van der Waals surface area contributed by atoms with E-state index < -0.39 is 5.97 Å². The zero-order valence-electron chi connectivity index (χ0n) is 12.5. The molecule has 0 fully saturated rings. The Morgan fingerprint density at radius 3 is 2.57 bits per heavy atom. The van der Waals surface area contributed by atoms with Crippen molar-refractivity contribution in [2.75, 3.05) is 7.11 Å². The summed E-state index contributed by atoms with van der Waals surface area (Å²) in [6.07, 6.45) is 1.41. The van der Waals surface area contributed by atoms with E-state index in [2.05, 4.69) is 4.74 Å². The number of hydrogen-bond donors (Lipinski definition) is 0. The molecule has 0 saturated carbocycles. The number of carbonyl (C=O) groups is 1. The maximum atomic E-state index is 12.9. The van der Waals surface area contributed by atoms with Gasteiger partial charge >= 0.3 is 5.97 Å². The molecule has 0 aliphatic carbocycles. The summed E-state index contributed by atoms with van der Waals surface area (Å²) in [7, 11) is 1.21. The molecule has 0 atom stereocenters. The van der Waals surface area contributed by atoms with Gasteiger partial charge in [-0.2, -0.15) is 5.26 Å². The molecule has 0 heterocycles. The molecule has 0 aliphatic heterocycles. The summed E-state index contributed by atoms with van der Waals surface area (Å²) in [5.74, 6) is -0.511. The molecular formula is C18H14FNO3. The normalized spacial score (nSPS) is 10.7. The average Bonchev–Trinajstić information content (AvgIpc) is 2.59. The predicted octanol–water partition coefficient (Wildman–Crippen LogP) is 3.48. The minimum atomic E-state index is -0.708. The second-order valence-corrected chi connectivity index (χ2v) is 4.61. The van der Waals surface area contributed by atoms with Gasteiger partial charge in [0.05, 0.1) is 7.11 Å². The molecule has 0 amide bonds. The Bertz CT molecular complexity index is 761. The summed E-state index contributed by atoms with van der Waals surface area (Å²) in [6.45, 7) is 0.241. The van der Waals surface area contributed by atoms with E-state index in [-0.39, 0.29) is 18.0 Å². The van der Waals surface area contributed by atoms with Gasteiger partial charge in [0.15, 0.2) is 0 Å². The number of carbonyl (C=O) groups excluding carboxylic acids is 1. The zero-order chi connectivity index (χ0) is 16.7. The van der Waals surface area contributed by atoms with Gasteiger partial charge < -0.3 is 9.47 Å². The fourth-order valence-corrected chi connectivity index (χ4v) is 1.88. The van der Waals surface area contributed by atoms with Crippen LogP contribution >= 0.6 is 0 Å². The summed E-state index contributed by atoms with van der Waals surface area (Å²) >= 11 is 0. The van der Waals surface area contributed by atoms with E-state index in [1.165, 1.54) is 25.3 Å². The van der Waals surface area contributed by atoms with Crippen LogP contribution < -0.4 is 4.74 Å². The van der Waals surface area contributed by atoms with E-state index in [1.54, 1.807) is 42.5 Å². The zero-order valence-corrected chi connectivity index (χ0v) is 12.5. The molecule has 0 unspecified atom stereocenters. The van der Waals surface area contributed by atoms with Crippen molar-refractivity contribution in [2.24, 2.45) is 0 Å². The lowest BCUT2D eigenvalue weighted by molar-refractivity contribution is -0.135. The van der Waals surface area contributed by atoms with Crippen LogP contribution in [-0.4, -0.2) is 13.1 Å². The van der Waals surface area contributed by atoms with Gasteiger partial charge in [0.1, 0.15) is 29.8 Å². The fourth-order valence-electron chi connectivity index (χ4n) is 1.88. The molecule has 116 valence electrons. The third-order valence-electron chi connectivity index (χ3n) is 3.05. The Morgan fingerprint density at radius 2 is 1.91 bits per heavy atom. The molecule has 2 aromatic rings. The first kappa shape index (κ1) is 16.2. The minimum Gasteiger partial charge on any atom is -0.488 e. The number of halogens is 1. The van der Waals surface area contributed by atoms with Crippen molar-refractivity contribution in [2.45, 2.75) is 6.61 Å². The van der Waals surface area contributed by atoms with E-state index in [1.807, 2.05) is 0 Å². The maximum Gasteiger partial charge on any atom is 0.348 e. The van der Waals surface area contributed by atoms with E-state index >= 15 is 0 Å². The molecule has 0 bridgehead atoms. The van der Waals surface area contributed by atoms with Gasteiger partial charge in [0.25, 0.3) is 0 Å². The van der Waals surface area contributed by atoms with Crippen LogP contribution in [0.25, 0.3) is 6.08 Å². The van der Waals surface area contributed by atoms with E-state index in [4.69, 9.17) is 10.00 Å². The molecule has 0 aliphatic rings.